The topological polar surface area (TPSA) is 67.4 Å². The van der Waals surface area contributed by atoms with Crippen molar-refractivity contribution < 1.29 is 14.3 Å². The maximum absolute atomic E-state index is 12.0. The lowest BCUT2D eigenvalue weighted by atomic mass is 10.1. The van der Waals surface area contributed by atoms with Crippen LogP contribution in [-0.2, 0) is 9.59 Å². The molecule has 1 saturated heterocycles. The highest BCUT2D eigenvalue weighted by atomic mass is 16.5. The van der Waals surface area contributed by atoms with Crippen LogP contribution in [0.5, 0.6) is 5.75 Å². The maximum Gasteiger partial charge on any atom is 0.246 e. The summed E-state index contributed by atoms with van der Waals surface area (Å²) >= 11 is 0. The van der Waals surface area contributed by atoms with Gasteiger partial charge in [-0.05, 0) is 37.1 Å². The molecule has 1 unspecified atom stereocenters. The Morgan fingerprint density at radius 2 is 1.88 bits per heavy atom. The van der Waals surface area contributed by atoms with Gasteiger partial charge in [-0.25, -0.2) is 0 Å². The predicted molar refractivity (Wildman–Crippen MR) is 95.1 cm³/mol. The number of hydrogen-bond acceptors (Lipinski definition) is 3. The smallest absolute Gasteiger partial charge is 0.246 e. The fourth-order valence-corrected chi connectivity index (χ4v) is 2.75. The van der Waals surface area contributed by atoms with Gasteiger partial charge in [0.15, 0.2) is 0 Å². The lowest BCUT2D eigenvalue weighted by molar-refractivity contribution is -0.122. The van der Waals surface area contributed by atoms with Crippen LogP contribution in [0.15, 0.2) is 24.3 Å². The molecule has 0 bridgehead atoms. The van der Waals surface area contributed by atoms with Crippen molar-refractivity contribution in [3.05, 3.63) is 24.3 Å². The molecule has 2 rings (SSSR count). The summed E-state index contributed by atoms with van der Waals surface area (Å²) in [4.78, 5) is 23.2. The summed E-state index contributed by atoms with van der Waals surface area (Å²) in [6.07, 6.45) is 8.44. The third-order valence-electron chi connectivity index (χ3n) is 4.20. The molecule has 2 amide bonds. The minimum atomic E-state index is -0.416. The van der Waals surface area contributed by atoms with Gasteiger partial charge >= 0.3 is 0 Å². The van der Waals surface area contributed by atoms with Gasteiger partial charge in [0.1, 0.15) is 11.8 Å². The third kappa shape index (κ3) is 6.22. The highest BCUT2D eigenvalue weighted by Crippen LogP contribution is 2.17. The molecule has 5 nitrogen and oxygen atoms in total. The van der Waals surface area contributed by atoms with Gasteiger partial charge in [-0.2, -0.15) is 0 Å². The van der Waals surface area contributed by atoms with Gasteiger partial charge in [0.25, 0.3) is 0 Å². The number of rotatable bonds is 10. The van der Waals surface area contributed by atoms with Crippen LogP contribution >= 0.6 is 0 Å². The Labute approximate surface area is 144 Å². The van der Waals surface area contributed by atoms with Gasteiger partial charge in [0.2, 0.25) is 11.8 Å². The van der Waals surface area contributed by atoms with Crippen LogP contribution in [0.2, 0.25) is 0 Å². The Bertz CT molecular complexity index is 528. The second-order valence-electron chi connectivity index (χ2n) is 6.29. The Balaban J connectivity index is 1.65. The Hall–Kier alpha value is -2.04. The summed E-state index contributed by atoms with van der Waals surface area (Å²) in [5.41, 5.74) is 0.716. The first-order valence-electron chi connectivity index (χ1n) is 9.02. The summed E-state index contributed by atoms with van der Waals surface area (Å²) in [6.45, 7) is 2.95. The normalized spacial score (nSPS) is 16.7. The first-order valence-corrected chi connectivity index (χ1v) is 9.02. The monoisotopic (exact) mass is 332 g/mol. The maximum atomic E-state index is 12.0. The standard InChI is InChI=1S/C19H28N2O3/c1-2-3-4-5-6-7-14-24-16-10-8-15(9-11-16)20-19(23)17-12-13-18(22)21-17/h8-11,17H,2-7,12-14H2,1H3,(H,20,23)(H,21,22). The molecule has 1 heterocycles. The van der Waals surface area contributed by atoms with E-state index in [2.05, 4.69) is 17.6 Å². The van der Waals surface area contributed by atoms with E-state index >= 15 is 0 Å². The minimum absolute atomic E-state index is 0.0615. The van der Waals surface area contributed by atoms with Crippen LogP contribution in [0, 0.1) is 0 Å². The molecule has 0 saturated carbocycles. The summed E-state index contributed by atoms with van der Waals surface area (Å²) in [5, 5.41) is 5.48. The zero-order chi connectivity index (χ0) is 17.2. The summed E-state index contributed by atoms with van der Waals surface area (Å²) in [5.74, 6) is 0.589. The van der Waals surface area contributed by atoms with Gasteiger partial charge in [0, 0.05) is 12.1 Å². The molecule has 24 heavy (non-hydrogen) atoms. The number of carbonyl (C=O) groups excluding carboxylic acids is 2. The van der Waals surface area contributed by atoms with E-state index in [0.717, 1.165) is 18.8 Å². The van der Waals surface area contributed by atoms with E-state index in [9.17, 15) is 9.59 Å². The van der Waals surface area contributed by atoms with E-state index in [-0.39, 0.29) is 11.8 Å². The lowest BCUT2D eigenvalue weighted by Crippen LogP contribution is -2.37. The average molecular weight is 332 g/mol. The lowest BCUT2D eigenvalue weighted by Gasteiger charge is -2.11. The van der Waals surface area contributed by atoms with Gasteiger partial charge in [-0.1, -0.05) is 39.0 Å². The van der Waals surface area contributed by atoms with Crippen LogP contribution in [0.25, 0.3) is 0 Å². The molecule has 1 atom stereocenters. The Morgan fingerprint density at radius 1 is 1.17 bits per heavy atom. The number of unbranched alkanes of at least 4 members (excludes halogenated alkanes) is 5. The minimum Gasteiger partial charge on any atom is -0.494 e. The zero-order valence-corrected chi connectivity index (χ0v) is 14.5. The highest BCUT2D eigenvalue weighted by Gasteiger charge is 2.26. The van der Waals surface area contributed by atoms with Crippen molar-refractivity contribution in [1.29, 1.82) is 0 Å². The Kier molecular flexibility index (Phi) is 7.59. The molecule has 0 aromatic heterocycles. The Morgan fingerprint density at radius 3 is 2.54 bits per heavy atom. The molecule has 1 aromatic carbocycles. The fourth-order valence-electron chi connectivity index (χ4n) is 2.75. The molecule has 1 aliphatic heterocycles. The van der Waals surface area contributed by atoms with E-state index in [1.54, 1.807) is 0 Å². The van der Waals surface area contributed by atoms with E-state index in [1.807, 2.05) is 24.3 Å². The number of anilines is 1. The first-order chi connectivity index (χ1) is 11.7. The molecule has 1 aliphatic rings. The highest BCUT2D eigenvalue weighted by molar-refractivity contribution is 5.98. The summed E-state index contributed by atoms with van der Waals surface area (Å²) in [6, 6.07) is 6.96. The van der Waals surface area contributed by atoms with Crippen LogP contribution in [-0.4, -0.2) is 24.5 Å². The van der Waals surface area contributed by atoms with Crippen LogP contribution in [0.3, 0.4) is 0 Å². The van der Waals surface area contributed by atoms with E-state index in [1.165, 1.54) is 32.1 Å². The van der Waals surface area contributed by atoms with Crippen molar-refractivity contribution in [1.82, 2.24) is 5.32 Å². The number of amides is 2. The summed E-state index contributed by atoms with van der Waals surface area (Å²) in [7, 11) is 0. The molecule has 132 valence electrons. The van der Waals surface area contributed by atoms with Crippen molar-refractivity contribution >= 4 is 17.5 Å². The largest absolute Gasteiger partial charge is 0.494 e. The molecular weight excluding hydrogens is 304 g/mol. The molecular formula is C19H28N2O3. The third-order valence-corrected chi connectivity index (χ3v) is 4.20. The summed E-state index contributed by atoms with van der Waals surface area (Å²) < 4.78 is 5.72. The van der Waals surface area contributed by atoms with Crippen LogP contribution in [0.1, 0.15) is 58.3 Å². The molecule has 5 heteroatoms. The number of carbonyl (C=O) groups is 2. The second-order valence-corrected chi connectivity index (χ2v) is 6.29. The zero-order valence-electron chi connectivity index (χ0n) is 14.5. The van der Waals surface area contributed by atoms with Crippen molar-refractivity contribution in [3.8, 4) is 5.75 Å². The van der Waals surface area contributed by atoms with E-state index in [0.29, 0.717) is 18.5 Å². The SMILES string of the molecule is CCCCCCCCOc1ccc(NC(=O)C2CCC(=O)N2)cc1. The molecule has 0 radical (unpaired) electrons. The fraction of sp³-hybridized carbons (Fsp3) is 0.579. The van der Waals surface area contributed by atoms with Crippen LogP contribution in [0.4, 0.5) is 5.69 Å². The van der Waals surface area contributed by atoms with Crippen molar-refractivity contribution in [2.24, 2.45) is 0 Å². The molecule has 2 N–H and O–H groups in total. The number of benzene rings is 1. The molecule has 0 spiro atoms. The predicted octanol–water partition coefficient (Wildman–Crippen LogP) is 3.64. The first kappa shape index (κ1) is 18.3. The molecule has 1 fully saturated rings. The number of nitrogens with one attached hydrogen (secondary N) is 2. The number of ether oxygens (including phenoxy) is 1. The van der Waals surface area contributed by atoms with Gasteiger partial charge in [-0.15, -0.1) is 0 Å². The number of hydrogen-bond donors (Lipinski definition) is 2. The molecule has 1 aromatic rings. The molecule has 0 aliphatic carbocycles. The second kappa shape index (κ2) is 9.96. The van der Waals surface area contributed by atoms with Gasteiger partial charge in [-0.3, -0.25) is 9.59 Å². The van der Waals surface area contributed by atoms with Crippen molar-refractivity contribution in [2.45, 2.75) is 64.3 Å². The van der Waals surface area contributed by atoms with Crippen molar-refractivity contribution in [2.75, 3.05) is 11.9 Å². The van der Waals surface area contributed by atoms with Gasteiger partial charge in [0.05, 0.1) is 6.61 Å². The van der Waals surface area contributed by atoms with Gasteiger partial charge < -0.3 is 15.4 Å². The van der Waals surface area contributed by atoms with Crippen LogP contribution < -0.4 is 15.4 Å². The van der Waals surface area contributed by atoms with E-state index in [4.69, 9.17) is 4.74 Å². The average Bonchev–Trinajstić information content (AvgIpc) is 3.02. The van der Waals surface area contributed by atoms with E-state index < -0.39 is 6.04 Å². The van der Waals surface area contributed by atoms with Crippen molar-refractivity contribution in [3.63, 3.8) is 0 Å². The quantitative estimate of drug-likeness (QED) is 0.643.